The van der Waals surface area contributed by atoms with Crippen LogP contribution in [0.4, 0.5) is 0 Å². The molecule has 1 heterocycles. The minimum Gasteiger partial charge on any atom is -0.388 e. The van der Waals surface area contributed by atoms with Crippen LogP contribution >= 0.6 is 11.8 Å². The van der Waals surface area contributed by atoms with Crippen molar-refractivity contribution in [1.29, 1.82) is 0 Å². The molecule has 3 nitrogen and oxygen atoms in total. The molecule has 0 spiro atoms. The first-order valence-electron chi connectivity index (χ1n) is 5.54. The molecule has 1 amide bonds. The van der Waals surface area contributed by atoms with Gasteiger partial charge in [0, 0.05) is 12.6 Å². The molecule has 1 aliphatic heterocycles. The summed E-state index contributed by atoms with van der Waals surface area (Å²) in [6.45, 7) is 2.25. The number of hydrogen-bond acceptors (Lipinski definition) is 3. The maximum absolute atomic E-state index is 11.4. The number of allylic oxidation sites excluding steroid dienone is 3. The number of thioether (sulfide) groups is 1. The summed E-state index contributed by atoms with van der Waals surface area (Å²) in [7, 11) is 0. The number of amides is 1. The van der Waals surface area contributed by atoms with Crippen molar-refractivity contribution in [3.63, 3.8) is 0 Å². The van der Waals surface area contributed by atoms with Crippen LogP contribution < -0.4 is 5.32 Å². The molecule has 2 N–H and O–H groups in total. The molecule has 0 unspecified atom stereocenters. The predicted octanol–water partition coefficient (Wildman–Crippen LogP) is 1.49. The van der Waals surface area contributed by atoms with E-state index >= 15 is 0 Å². The SMILES string of the molecule is C/C=C/C=C\C(=O)NCC1(O)CCSCC1. The number of hydrogen-bond donors (Lipinski definition) is 2. The second-order valence-corrected chi connectivity index (χ2v) is 5.16. The summed E-state index contributed by atoms with van der Waals surface area (Å²) in [5.74, 6) is 1.80. The molecule has 0 saturated carbocycles. The summed E-state index contributed by atoms with van der Waals surface area (Å²) in [6, 6.07) is 0. The highest BCUT2D eigenvalue weighted by molar-refractivity contribution is 7.99. The van der Waals surface area contributed by atoms with Gasteiger partial charge in [0.25, 0.3) is 0 Å². The molecule has 4 heteroatoms. The fraction of sp³-hybridized carbons (Fsp3) is 0.583. The molecule has 0 bridgehead atoms. The minimum absolute atomic E-state index is 0.148. The van der Waals surface area contributed by atoms with Crippen LogP contribution in [-0.2, 0) is 4.79 Å². The lowest BCUT2D eigenvalue weighted by Gasteiger charge is -2.31. The fourth-order valence-corrected chi connectivity index (χ4v) is 2.75. The van der Waals surface area contributed by atoms with Crippen LogP contribution in [0.1, 0.15) is 19.8 Å². The van der Waals surface area contributed by atoms with Crippen molar-refractivity contribution in [2.24, 2.45) is 0 Å². The van der Waals surface area contributed by atoms with E-state index in [-0.39, 0.29) is 5.91 Å². The Labute approximate surface area is 101 Å². The summed E-state index contributed by atoms with van der Waals surface area (Å²) in [5, 5.41) is 12.9. The van der Waals surface area contributed by atoms with Gasteiger partial charge in [0.2, 0.25) is 5.91 Å². The summed E-state index contributed by atoms with van der Waals surface area (Å²) in [6.07, 6.45) is 8.34. The minimum atomic E-state index is -0.699. The molecule has 0 aromatic carbocycles. The third-order valence-electron chi connectivity index (χ3n) is 2.57. The van der Waals surface area contributed by atoms with Gasteiger partial charge < -0.3 is 10.4 Å². The molecule has 0 aliphatic carbocycles. The van der Waals surface area contributed by atoms with Crippen LogP contribution in [0, 0.1) is 0 Å². The van der Waals surface area contributed by atoms with Gasteiger partial charge in [-0.2, -0.15) is 11.8 Å². The Kier molecular flexibility index (Phi) is 5.63. The average Bonchev–Trinajstić information content (AvgIpc) is 2.28. The van der Waals surface area contributed by atoms with Crippen molar-refractivity contribution in [3.8, 4) is 0 Å². The molecule has 0 aromatic heterocycles. The van der Waals surface area contributed by atoms with Crippen LogP contribution in [-0.4, -0.2) is 34.7 Å². The maximum Gasteiger partial charge on any atom is 0.244 e. The van der Waals surface area contributed by atoms with E-state index in [4.69, 9.17) is 0 Å². The van der Waals surface area contributed by atoms with E-state index in [2.05, 4.69) is 5.32 Å². The maximum atomic E-state index is 11.4. The van der Waals surface area contributed by atoms with Gasteiger partial charge in [-0.15, -0.1) is 0 Å². The monoisotopic (exact) mass is 241 g/mol. The van der Waals surface area contributed by atoms with E-state index in [1.807, 2.05) is 24.8 Å². The Hall–Kier alpha value is -0.740. The van der Waals surface area contributed by atoms with E-state index in [0.717, 1.165) is 24.3 Å². The predicted molar refractivity (Wildman–Crippen MR) is 68.5 cm³/mol. The Morgan fingerprint density at radius 2 is 2.12 bits per heavy atom. The molecule has 1 rings (SSSR count). The van der Waals surface area contributed by atoms with Crippen molar-refractivity contribution < 1.29 is 9.90 Å². The van der Waals surface area contributed by atoms with Crippen LogP contribution in [0.3, 0.4) is 0 Å². The normalized spacial score (nSPS) is 20.4. The van der Waals surface area contributed by atoms with E-state index in [9.17, 15) is 9.90 Å². The third kappa shape index (κ3) is 4.86. The Morgan fingerprint density at radius 3 is 2.75 bits per heavy atom. The quantitative estimate of drug-likeness (QED) is 0.579. The van der Waals surface area contributed by atoms with Crippen molar-refractivity contribution in [3.05, 3.63) is 24.3 Å². The fourth-order valence-electron chi connectivity index (χ4n) is 1.49. The van der Waals surface area contributed by atoms with Crippen LogP contribution in [0.15, 0.2) is 24.3 Å². The standard InChI is InChI=1S/C12H19NO2S/c1-2-3-4-5-11(14)13-10-12(15)6-8-16-9-7-12/h2-5,15H,6-10H2,1H3,(H,13,14)/b3-2+,5-4-. The molecule has 1 saturated heterocycles. The van der Waals surface area contributed by atoms with Crippen molar-refractivity contribution >= 4 is 17.7 Å². The van der Waals surface area contributed by atoms with Crippen LogP contribution in [0.5, 0.6) is 0 Å². The first-order valence-corrected chi connectivity index (χ1v) is 6.69. The molecule has 0 atom stereocenters. The first-order chi connectivity index (χ1) is 7.66. The number of carbonyl (C=O) groups excluding carboxylic acids is 1. The van der Waals surface area contributed by atoms with Gasteiger partial charge in [0.1, 0.15) is 0 Å². The van der Waals surface area contributed by atoms with Gasteiger partial charge >= 0.3 is 0 Å². The summed E-state index contributed by atoms with van der Waals surface area (Å²) in [5.41, 5.74) is -0.699. The van der Waals surface area contributed by atoms with Crippen LogP contribution in [0.2, 0.25) is 0 Å². The number of nitrogens with one attached hydrogen (secondary N) is 1. The Balaban J connectivity index is 2.30. The lowest BCUT2D eigenvalue weighted by atomic mass is 9.97. The zero-order chi connectivity index (χ0) is 11.9. The molecule has 1 aliphatic rings. The summed E-state index contributed by atoms with van der Waals surface area (Å²) in [4.78, 5) is 11.4. The van der Waals surface area contributed by atoms with Gasteiger partial charge in [0.15, 0.2) is 0 Å². The molecular weight excluding hydrogens is 222 g/mol. The number of aliphatic hydroxyl groups is 1. The van der Waals surface area contributed by atoms with Crippen molar-refractivity contribution in [2.75, 3.05) is 18.1 Å². The zero-order valence-corrected chi connectivity index (χ0v) is 10.4. The van der Waals surface area contributed by atoms with Gasteiger partial charge in [0.05, 0.1) is 5.60 Å². The second-order valence-electron chi connectivity index (χ2n) is 3.94. The van der Waals surface area contributed by atoms with E-state index in [1.54, 1.807) is 12.2 Å². The molecule has 0 aromatic rings. The third-order valence-corrected chi connectivity index (χ3v) is 3.55. The molecule has 0 radical (unpaired) electrons. The topological polar surface area (TPSA) is 49.3 Å². The summed E-state index contributed by atoms with van der Waals surface area (Å²) >= 11 is 1.85. The first kappa shape index (κ1) is 13.3. The molecule has 16 heavy (non-hydrogen) atoms. The highest BCUT2D eigenvalue weighted by atomic mass is 32.2. The number of carbonyl (C=O) groups is 1. The van der Waals surface area contributed by atoms with Gasteiger partial charge in [-0.05, 0) is 31.3 Å². The van der Waals surface area contributed by atoms with E-state index in [1.165, 1.54) is 6.08 Å². The van der Waals surface area contributed by atoms with Crippen molar-refractivity contribution in [2.45, 2.75) is 25.4 Å². The van der Waals surface area contributed by atoms with Gasteiger partial charge in [-0.3, -0.25) is 4.79 Å². The second kappa shape index (κ2) is 6.76. The summed E-state index contributed by atoms with van der Waals surface area (Å²) < 4.78 is 0. The molecule has 1 fully saturated rings. The lowest BCUT2D eigenvalue weighted by Crippen LogP contribution is -2.44. The largest absolute Gasteiger partial charge is 0.388 e. The molecular formula is C12H19NO2S. The average molecular weight is 241 g/mol. The molecule has 90 valence electrons. The lowest BCUT2D eigenvalue weighted by molar-refractivity contribution is -0.117. The van der Waals surface area contributed by atoms with Crippen molar-refractivity contribution in [1.82, 2.24) is 5.32 Å². The van der Waals surface area contributed by atoms with Crippen LogP contribution in [0.25, 0.3) is 0 Å². The highest BCUT2D eigenvalue weighted by Gasteiger charge is 2.29. The highest BCUT2D eigenvalue weighted by Crippen LogP contribution is 2.26. The Morgan fingerprint density at radius 1 is 1.44 bits per heavy atom. The number of rotatable bonds is 4. The van der Waals surface area contributed by atoms with Gasteiger partial charge in [-0.25, -0.2) is 0 Å². The van der Waals surface area contributed by atoms with Gasteiger partial charge in [-0.1, -0.05) is 18.2 Å². The smallest absolute Gasteiger partial charge is 0.244 e. The van der Waals surface area contributed by atoms with E-state index < -0.39 is 5.60 Å². The Bertz CT molecular complexity index is 281. The zero-order valence-electron chi connectivity index (χ0n) is 9.61. The van der Waals surface area contributed by atoms with E-state index in [0.29, 0.717) is 6.54 Å².